The fourth-order valence-electron chi connectivity index (χ4n) is 2.08. The highest BCUT2D eigenvalue weighted by Crippen LogP contribution is 2.36. The smallest absolute Gasteiger partial charge is 0.0587 e. The molecule has 1 aliphatic rings. The predicted octanol–water partition coefficient (Wildman–Crippen LogP) is 0.350. The molecule has 1 saturated carbocycles. The lowest BCUT2D eigenvalue weighted by Crippen LogP contribution is -2.60. The zero-order valence-corrected chi connectivity index (χ0v) is 8.10. The first-order valence-corrected chi connectivity index (χ1v) is 4.66. The molecule has 1 rings (SSSR count). The van der Waals surface area contributed by atoms with E-state index < -0.39 is 0 Å². The fourth-order valence-corrected chi connectivity index (χ4v) is 2.08. The number of hydrogen-bond donors (Lipinski definition) is 2. The van der Waals surface area contributed by atoms with Gasteiger partial charge in [-0.15, -0.1) is 0 Å². The van der Waals surface area contributed by atoms with E-state index in [4.69, 9.17) is 10.5 Å². The number of rotatable bonds is 5. The third kappa shape index (κ3) is 2.19. The van der Waals surface area contributed by atoms with Crippen LogP contribution < -0.4 is 11.1 Å². The Bertz CT molecular complexity index is 132. The molecule has 0 aromatic heterocycles. The van der Waals surface area contributed by atoms with Crippen LogP contribution in [-0.2, 0) is 4.74 Å². The Morgan fingerprint density at radius 1 is 1.58 bits per heavy atom. The first-order chi connectivity index (χ1) is 5.72. The lowest BCUT2D eigenvalue weighted by molar-refractivity contribution is 0.107. The van der Waals surface area contributed by atoms with Crippen molar-refractivity contribution in [1.82, 2.24) is 5.32 Å². The Morgan fingerprint density at radius 3 is 2.67 bits per heavy atom. The van der Waals surface area contributed by atoms with Gasteiger partial charge in [0.1, 0.15) is 0 Å². The van der Waals surface area contributed by atoms with Gasteiger partial charge >= 0.3 is 0 Å². The summed E-state index contributed by atoms with van der Waals surface area (Å²) in [5, 5.41) is 3.46. The molecule has 0 aromatic rings. The molecule has 0 bridgehead atoms. The maximum Gasteiger partial charge on any atom is 0.0587 e. The topological polar surface area (TPSA) is 47.3 Å². The molecule has 0 saturated heterocycles. The SMILES string of the molecule is COCCNC1(CN)CC(C)C1. The van der Waals surface area contributed by atoms with Crippen LogP contribution in [0, 0.1) is 5.92 Å². The van der Waals surface area contributed by atoms with Gasteiger partial charge in [-0.25, -0.2) is 0 Å². The maximum atomic E-state index is 5.71. The molecule has 0 unspecified atom stereocenters. The van der Waals surface area contributed by atoms with Crippen molar-refractivity contribution in [2.75, 3.05) is 26.8 Å². The van der Waals surface area contributed by atoms with Crippen molar-refractivity contribution in [1.29, 1.82) is 0 Å². The van der Waals surface area contributed by atoms with Crippen molar-refractivity contribution < 1.29 is 4.74 Å². The van der Waals surface area contributed by atoms with Crippen LogP contribution in [-0.4, -0.2) is 32.3 Å². The molecule has 0 radical (unpaired) electrons. The van der Waals surface area contributed by atoms with E-state index in [2.05, 4.69) is 12.2 Å². The van der Waals surface area contributed by atoms with Crippen LogP contribution in [0.4, 0.5) is 0 Å². The summed E-state index contributed by atoms with van der Waals surface area (Å²) in [6, 6.07) is 0. The van der Waals surface area contributed by atoms with E-state index in [9.17, 15) is 0 Å². The van der Waals surface area contributed by atoms with Crippen LogP contribution in [0.1, 0.15) is 19.8 Å². The molecule has 0 aromatic carbocycles. The second-order valence-corrected chi connectivity index (χ2v) is 3.92. The summed E-state index contributed by atoms with van der Waals surface area (Å²) in [6.07, 6.45) is 2.43. The molecule has 12 heavy (non-hydrogen) atoms. The summed E-state index contributed by atoms with van der Waals surface area (Å²) in [7, 11) is 1.72. The Hall–Kier alpha value is -0.120. The Morgan fingerprint density at radius 2 is 2.25 bits per heavy atom. The van der Waals surface area contributed by atoms with Gasteiger partial charge in [-0.2, -0.15) is 0 Å². The van der Waals surface area contributed by atoms with Crippen molar-refractivity contribution in [3.05, 3.63) is 0 Å². The van der Waals surface area contributed by atoms with E-state index >= 15 is 0 Å². The Balaban J connectivity index is 2.18. The molecule has 0 aliphatic heterocycles. The molecule has 3 heteroatoms. The average Bonchev–Trinajstić information content (AvgIpc) is 2.01. The van der Waals surface area contributed by atoms with E-state index in [1.165, 1.54) is 12.8 Å². The summed E-state index contributed by atoms with van der Waals surface area (Å²) in [5.74, 6) is 0.837. The molecule has 0 heterocycles. The third-order valence-electron chi connectivity index (χ3n) is 2.68. The van der Waals surface area contributed by atoms with Crippen LogP contribution in [0.3, 0.4) is 0 Å². The van der Waals surface area contributed by atoms with Crippen LogP contribution in [0.25, 0.3) is 0 Å². The van der Waals surface area contributed by atoms with Gasteiger partial charge in [0.2, 0.25) is 0 Å². The van der Waals surface area contributed by atoms with Gasteiger partial charge in [0.15, 0.2) is 0 Å². The minimum absolute atomic E-state index is 0.234. The van der Waals surface area contributed by atoms with Gasteiger partial charge in [-0.3, -0.25) is 0 Å². The first kappa shape index (κ1) is 9.96. The largest absolute Gasteiger partial charge is 0.383 e. The second-order valence-electron chi connectivity index (χ2n) is 3.92. The van der Waals surface area contributed by atoms with Crippen LogP contribution >= 0.6 is 0 Å². The maximum absolute atomic E-state index is 5.71. The van der Waals surface area contributed by atoms with Crippen molar-refractivity contribution in [3.8, 4) is 0 Å². The normalized spacial score (nSPS) is 34.8. The van der Waals surface area contributed by atoms with Crippen molar-refractivity contribution in [2.45, 2.75) is 25.3 Å². The lowest BCUT2D eigenvalue weighted by atomic mass is 9.69. The molecule has 3 nitrogen and oxygen atoms in total. The van der Waals surface area contributed by atoms with Gasteiger partial charge in [0, 0.05) is 25.7 Å². The average molecular weight is 172 g/mol. The lowest BCUT2D eigenvalue weighted by Gasteiger charge is -2.46. The van der Waals surface area contributed by atoms with E-state index in [1.807, 2.05) is 0 Å². The predicted molar refractivity (Wildman–Crippen MR) is 50.1 cm³/mol. The highest BCUT2D eigenvalue weighted by atomic mass is 16.5. The summed E-state index contributed by atoms with van der Waals surface area (Å²) in [5.41, 5.74) is 5.94. The van der Waals surface area contributed by atoms with Crippen molar-refractivity contribution in [2.24, 2.45) is 11.7 Å². The molecule has 0 spiro atoms. The highest BCUT2D eigenvalue weighted by Gasteiger charge is 2.39. The summed E-state index contributed by atoms with van der Waals surface area (Å²) in [4.78, 5) is 0. The minimum Gasteiger partial charge on any atom is -0.383 e. The molecular formula is C9H20N2O. The van der Waals surface area contributed by atoms with Gasteiger partial charge in [0.05, 0.1) is 6.61 Å². The van der Waals surface area contributed by atoms with E-state index in [0.29, 0.717) is 0 Å². The number of nitrogens with two attached hydrogens (primary N) is 1. The molecule has 1 aliphatic carbocycles. The van der Waals surface area contributed by atoms with E-state index in [1.54, 1.807) is 7.11 Å². The van der Waals surface area contributed by atoms with Gasteiger partial charge in [-0.05, 0) is 18.8 Å². The van der Waals surface area contributed by atoms with Crippen LogP contribution in [0.5, 0.6) is 0 Å². The van der Waals surface area contributed by atoms with Crippen molar-refractivity contribution in [3.63, 3.8) is 0 Å². The fraction of sp³-hybridized carbons (Fsp3) is 1.00. The zero-order valence-electron chi connectivity index (χ0n) is 8.10. The Kier molecular flexibility index (Phi) is 3.50. The van der Waals surface area contributed by atoms with Gasteiger partial charge < -0.3 is 15.8 Å². The molecule has 3 N–H and O–H groups in total. The molecule has 1 fully saturated rings. The second kappa shape index (κ2) is 4.21. The molecule has 0 amide bonds. The van der Waals surface area contributed by atoms with E-state index in [0.717, 1.165) is 25.6 Å². The molecule has 0 atom stereocenters. The monoisotopic (exact) mass is 172 g/mol. The summed E-state index contributed by atoms with van der Waals surface area (Å²) in [6.45, 7) is 4.71. The highest BCUT2D eigenvalue weighted by molar-refractivity contribution is 5.00. The van der Waals surface area contributed by atoms with Gasteiger partial charge in [0.25, 0.3) is 0 Å². The van der Waals surface area contributed by atoms with Crippen LogP contribution in [0.15, 0.2) is 0 Å². The van der Waals surface area contributed by atoms with Crippen molar-refractivity contribution >= 4 is 0 Å². The number of nitrogens with one attached hydrogen (secondary N) is 1. The summed E-state index contributed by atoms with van der Waals surface area (Å²) < 4.78 is 4.97. The Labute approximate surface area is 74.7 Å². The molecule has 72 valence electrons. The third-order valence-corrected chi connectivity index (χ3v) is 2.68. The minimum atomic E-state index is 0.234. The van der Waals surface area contributed by atoms with Gasteiger partial charge in [-0.1, -0.05) is 6.92 Å². The molecular weight excluding hydrogens is 152 g/mol. The number of ether oxygens (including phenoxy) is 1. The van der Waals surface area contributed by atoms with Crippen LogP contribution in [0.2, 0.25) is 0 Å². The first-order valence-electron chi connectivity index (χ1n) is 4.66. The summed E-state index contributed by atoms with van der Waals surface area (Å²) >= 11 is 0. The standard InChI is InChI=1S/C9H20N2O/c1-8-5-9(6-8,7-10)11-3-4-12-2/h8,11H,3-7,10H2,1-2H3. The zero-order chi connectivity index (χ0) is 9.03. The number of methoxy groups -OCH3 is 1. The quantitative estimate of drug-likeness (QED) is 0.588. The number of hydrogen-bond acceptors (Lipinski definition) is 3. The van der Waals surface area contributed by atoms with E-state index in [-0.39, 0.29) is 5.54 Å².